The molecule has 1 aromatic rings. The maximum Gasteiger partial charge on any atom is 0.180 e. The molecule has 1 heterocycles. The summed E-state index contributed by atoms with van der Waals surface area (Å²) in [6, 6.07) is 7.23. The highest BCUT2D eigenvalue weighted by molar-refractivity contribution is 6.00. The maximum absolute atomic E-state index is 12.1. The first-order valence-corrected chi connectivity index (χ1v) is 5.77. The Bertz CT molecular complexity index is 405. The van der Waals surface area contributed by atoms with Gasteiger partial charge in [-0.05, 0) is 18.6 Å². The van der Waals surface area contributed by atoms with E-state index in [1.807, 2.05) is 17.0 Å². The van der Waals surface area contributed by atoms with E-state index in [9.17, 15) is 9.90 Å². The minimum atomic E-state index is -0.291. The Kier molecular flexibility index (Phi) is 3.76. The van der Waals surface area contributed by atoms with E-state index in [1.54, 1.807) is 19.2 Å². The molecular formula is C13H17NO3. The molecule has 1 atom stereocenters. The van der Waals surface area contributed by atoms with Gasteiger partial charge in [0.25, 0.3) is 0 Å². The lowest BCUT2D eigenvalue weighted by Gasteiger charge is -2.14. The second kappa shape index (κ2) is 5.29. The molecule has 1 N–H and O–H groups in total. The molecule has 0 amide bonds. The average molecular weight is 235 g/mol. The van der Waals surface area contributed by atoms with Crippen molar-refractivity contribution in [2.75, 3.05) is 26.7 Å². The van der Waals surface area contributed by atoms with Gasteiger partial charge in [-0.2, -0.15) is 0 Å². The fourth-order valence-electron chi connectivity index (χ4n) is 2.12. The number of ketones is 1. The van der Waals surface area contributed by atoms with Crippen LogP contribution in [0.15, 0.2) is 24.3 Å². The van der Waals surface area contributed by atoms with Gasteiger partial charge in [0.2, 0.25) is 0 Å². The van der Waals surface area contributed by atoms with Gasteiger partial charge in [-0.25, -0.2) is 0 Å². The summed E-state index contributed by atoms with van der Waals surface area (Å²) in [4.78, 5) is 14.1. The van der Waals surface area contributed by atoms with Crippen LogP contribution in [0.3, 0.4) is 0 Å². The number of benzene rings is 1. The normalized spacial score (nSPS) is 20.5. The monoisotopic (exact) mass is 235 g/mol. The third-order valence-electron chi connectivity index (χ3n) is 3.02. The third kappa shape index (κ3) is 2.84. The summed E-state index contributed by atoms with van der Waals surface area (Å²) in [6.45, 7) is 1.71. The number of hydrogen-bond acceptors (Lipinski definition) is 4. The minimum Gasteiger partial charge on any atom is -0.496 e. The molecule has 2 rings (SSSR count). The lowest BCUT2D eigenvalue weighted by Crippen LogP contribution is -2.28. The van der Waals surface area contributed by atoms with E-state index in [-0.39, 0.29) is 11.9 Å². The van der Waals surface area contributed by atoms with Crippen molar-refractivity contribution in [1.29, 1.82) is 0 Å². The predicted octanol–water partition coefficient (Wildman–Crippen LogP) is 0.944. The molecule has 0 aliphatic carbocycles. The third-order valence-corrected chi connectivity index (χ3v) is 3.02. The number of Topliss-reactive ketones (excluding diaryl/α,β-unsaturated/α-hetero) is 1. The molecule has 92 valence electrons. The quantitative estimate of drug-likeness (QED) is 0.789. The van der Waals surface area contributed by atoms with Crippen molar-refractivity contribution >= 4 is 5.78 Å². The highest BCUT2D eigenvalue weighted by Crippen LogP contribution is 2.19. The number of hydrogen-bond donors (Lipinski definition) is 1. The molecule has 1 fully saturated rings. The Labute approximate surface area is 101 Å². The zero-order valence-electron chi connectivity index (χ0n) is 9.93. The number of likely N-dealkylation sites (tertiary alicyclic amines) is 1. The highest BCUT2D eigenvalue weighted by atomic mass is 16.5. The van der Waals surface area contributed by atoms with Crippen LogP contribution in [0, 0.1) is 0 Å². The first-order chi connectivity index (χ1) is 8.20. The van der Waals surface area contributed by atoms with E-state index >= 15 is 0 Å². The van der Waals surface area contributed by atoms with Crippen LogP contribution in [0.2, 0.25) is 0 Å². The van der Waals surface area contributed by atoms with Crippen molar-refractivity contribution in [3.8, 4) is 5.75 Å². The summed E-state index contributed by atoms with van der Waals surface area (Å²) >= 11 is 0. The summed E-state index contributed by atoms with van der Waals surface area (Å²) in [6.07, 6.45) is 0.458. The molecule has 17 heavy (non-hydrogen) atoms. The molecule has 1 aliphatic rings. The van der Waals surface area contributed by atoms with E-state index in [0.717, 1.165) is 13.0 Å². The van der Waals surface area contributed by atoms with Gasteiger partial charge in [0.15, 0.2) is 5.78 Å². The van der Waals surface area contributed by atoms with Crippen molar-refractivity contribution in [2.45, 2.75) is 12.5 Å². The number of ether oxygens (including phenoxy) is 1. The van der Waals surface area contributed by atoms with Crippen molar-refractivity contribution < 1.29 is 14.6 Å². The molecule has 0 saturated carbocycles. The van der Waals surface area contributed by atoms with Gasteiger partial charge in [-0.15, -0.1) is 0 Å². The largest absolute Gasteiger partial charge is 0.496 e. The molecule has 0 radical (unpaired) electrons. The molecule has 1 aromatic carbocycles. The zero-order chi connectivity index (χ0) is 12.3. The summed E-state index contributed by atoms with van der Waals surface area (Å²) in [7, 11) is 1.56. The van der Waals surface area contributed by atoms with Gasteiger partial charge in [-0.1, -0.05) is 12.1 Å². The fourth-order valence-corrected chi connectivity index (χ4v) is 2.12. The van der Waals surface area contributed by atoms with Crippen molar-refractivity contribution in [3.63, 3.8) is 0 Å². The van der Waals surface area contributed by atoms with Crippen LogP contribution in [-0.2, 0) is 0 Å². The average Bonchev–Trinajstić information content (AvgIpc) is 2.74. The second-order valence-corrected chi connectivity index (χ2v) is 4.30. The molecule has 4 nitrogen and oxygen atoms in total. The molecule has 1 aliphatic heterocycles. The Morgan fingerprint density at radius 1 is 1.53 bits per heavy atom. The number of aliphatic hydroxyl groups excluding tert-OH is 1. The number of carbonyl (C=O) groups is 1. The van der Waals surface area contributed by atoms with Gasteiger partial charge in [0, 0.05) is 13.1 Å². The van der Waals surface area contributed by atoms with Gasteiger partial charge in [0.1, 0.15) is 5.75 Å². The van der Waals surface area contributed by atoms with Crippen LogP contribution in [0.25, 0.3) is 0 Å². The van der Waals surface area contributed by atoms with E-state index in [1.165, 1.54) is 0 Å². The number of rotatable bonds is 4. The standard InChI is InChI=1S/C13H17NO3/c1-17-13-5-3-2-4-11(13)12(16)9-14-7-6-10(15)8-14/h2-5,10,15H,6-9H2,1H3/t10-/m0/s1. The molecule has 0 aromatic heterocycles. The number of para-hydroxylation sites is 1. The van der Waals surface area contributed by atoms with Crippen LogP contribution in [0.5, 0.6) is 5.75 Å². The molecule has 0 spiro atoms. The Morgan fingerprint density at radius 2 is 2.29 bits per heavy atom. The van der Waals surface area contributed by atoms with Crippen LogP contribution < -0.4 is 4.74 Å². The molecule has 1 saturated heterocycles. The highest BCUT2D eigenvalue weighted by Gasteiger charge is 2.23. The van der Waals surface area contributed by atoms with Crippen LogP contribution >= 0.6 is 0 Å². The summed E-state index contributed by atoms with van der Waals surface area (Å²) < 4.78 is 5.16. The van der Waals surface area contributed by atoms with E-state index < -0.39 is 0 Å². The molecular weight excluding hydrogens is 218 g/mol. The topological polar surface area (TPSA) is 49.8 Å². The van der Waals surface area contributed by atoms with Gasteiger partial charge < -0.3 is 9.84 Å². The predicted molar refractivity (Wildman–Crippen MR) is 64.4 cm³/mol. The summed E-state index contributed by atoms with van der Waals surface area (Å²) in [5, 5.41) is 9.41. The fraction of sp³-hybridized carbons (Fsp3) is 0.462. The molecule has 0 unspecified atom stereocenters. The number of nitrogens with zero attached hydrogens (tertiary/aromatic N) is 1. The van der Waals surface area contributed by atoms with Crippen molar-refractivity contribution in [3.05, 3.63) is 29.8 Å². The van der Waals surface area contributed by atoms with Crippen LogP contribution in [0.4, 0.5) is 0 Å². The Balaban J connectivity index is 2.04. The first-order valence-electron chi connectivity index (χ1n) is 5.77. The minimum absolute atomic E-state index is 0.0385. The van der Waals surface area contributed by atoms with Crippen molar-refractivity contribution in [2.24, 2.45) is 0 Å². The Morgan fingerprint density at radius 3 is 2.94 bits per heavy atom. The smallest absolute Gasteiger partial charge is 0.180 e. The number of carbonyl (C=O) groups excluding carboxylic acids is 1. The second-order valence-electron chi connectivity index (χ2n) is 4.30. The number of β-amino-alcohol motifs (C(OH)–C–C–N with tert-alkyl or cyclic N) is 1. The maximum atomic E-state index is 12.1. The van der Waals surface area contributed by atoms with Crippen molar-refractivity contribution in [1.82, 2.24) is 4.90 Å². The first kappa shape index (κ1) is 12.1. The lowest BCUT2D eigenvalue weighted by molar-refractivity contribution is 0.0932. The van der Waals surface area contributed by atoms with Crippen LogP contribution in [-0.4, -0.2) is 48.6 Å². The van der Waals surface area contributed by atoms with Gasteiger partial charge >= 0.3 is 0 Å². The van der Waals surface area contributed by atoms with E-state index in [4.69, 9.17) is 4.74 Å². The number of methoxy groups -OCH3 is 1. The van der Waals surface area contributed by atoms with E-state index in [2.05, 4.69) is 0 Å². The Hall–Kier alpha value is -1.39. The summed E-state index contributed by atoms with van der Waals surface area (Å²) in [5.41, 5.74) is 0.608. The lowest BCUT2D eigenvalue weighted by atomic mass is 10.1. The zero-order valence-corrected chi connectivity index (χ0v) is 9.93. The number of aliphatic hydroxyl groups is 1. The van der Waals surface area contributed by atoms with Crippen LogP contribution in [0.1, 0.15) is 16.8 Å². The SMILES string of the molecule is COc1ccccc1C(=O)CN1CC[C@H](O)C1. The van der Waals surface area contributed by atoms with E-state index in [0.29, 0.717) is 24.4 Å². The molecule has 4 heteroatoms. The van der Waals surface area contributed by atoms with Gasteiger partial charge in [-0.3, -0.25) is 9.69 Å². The van der Waals surface area contributed by atoms with Gasteiger partial charge in [0.05, 0.1) is 25.3 Å². The summed E-state index contributed by atoms with van der Waals surface area (Å²) in [5.74, 6) is 0.647. The molecule has 0 bridgehead atoms.